The summed E-state index contributed by atoms with van der Waals surface area (Å²) in [6.45, 7) is 2.92. The Bertz CT molecular complexity index is 938. The highest BCUT2D eigenvalue weighted by Crippen LogP contribution is 2.32. The van der Waals surface area contributed by atoms with Gasteiger partial charge in [-0.05, 0) is 56.2 Å². The number of carbonyl (C=O) groups is 2. The van der Waals surface area contributed by atoms with E-state index in [4.69, 9.17) is 9.47 Å². The third kappa shape index (κ3) is 4.86. The van der Waals surface area contributed by atoms with E-state index in [-0.39, 0.29) is 11.3 Å². The van der Waals surface area contributed by atoms with Gasteiger partial charge in [0, 0.05) is 24.8 Å². The molecule has 0 aromatic heterocycles. The Kier molecular flexibility index (Phi) is 6.51. The molecule has 2 aromatic carbocycles. The number of esters is 1. The molecule has 30 heavy (non-hydrogen) atoms. The fourth-order valence-electron chi connectivity index (χ4n) is 3.22. The predicted molar refractivity (Wildman–Crippen MR) is 111 cm³/mol. The highest BCUT2D eigenvalue weighted by atomic mass is 16.6. The molecule has 1 heterocycles. The number of nitrogens with zero attached hydrogens (tertiary/aromatic N) is 2. The van der Waals surface area contributed by atoms with Crippen molar-refractivity contribution < 1.29 is 24.0 Å². The second-order valence-corrected chi connectivity index (χ2v) is 6.92. The summed E-state index contributed by atoms with van der Waals surface area (Å²) in [6, 6.07) is 10.9. The zero-order valence-electron chi connectivity index (χ0n) is 16.8. The second kappa shape index (κ2) is 9.25. The van der Waals surface area contributed by atoms with Crippen LogP contribution in [0.25, 0.3) is 0 Å². The van der Waals surface area contributed by atoms with Gasteiger partial charge in [-0.15, -0.1) is 0 Å². The second-order valence-electron chi connectivity index (χ2n) is 6.92. The minimum absolute atomic E-state index is 0.0220. The van der Waals surface area contributed by atoms with Crippen molar-refractivity contribution in [2.45, 2.75) is 25.9 Å². The van der Waals surface area contributed by atoms with Crippen LogP contribution in [0.15, 0.2) is 42.5 Å². The van der Waals surface area contributed by atoms with E-state index < -0.39 is 22.9 Å². The van der Waals surface area contributed by atoms with Gasteiger partial charge in [0.25, 0.3) is 11.6 Å². The molecular formula is C21H23N3O6. The lowest BCUT2D eigenvalue weighted by molar-refractivity contribution is -0.384. The standard InChI is InChI=1S/C21H23N3O6/c1-14(20(25)22-16-6-8-17(29-2)9-7-16)30-21(26)15-5-10-18(19(13-15)24(27)28)23-11-3-4-12-23/h5-10,13-14H,3-4,11-12H2,1-2H3,(H,22,25). The van der Waals surface area contributed by atoms with Gasteiger partial charge in [0.05, 0.1) is 17.6 Å². The first-order valence-corrected chi connectivity index (χ1v) is 9.58. The molecule has 1 N–H and O–H groups in total. The maximum atomic E-state index is 12.4. The number of methoxy groups -OCH3 is 1. The number of hydrogen-bond donors (Lipinski definition) is 1. The Morgan fingerprint density at radius 2 is 1.80 bits per heavy atom. The van der Waals surface area contributed by atoms with Crippen molar-refractivity contribution in [2.75, 3.05) is 30.4 Å². The first kappa shape index (κ1) is 21.1. The Balaban J connectivity index is 1.67. The number of carbonyl (C=O) groups excluding carboxylic acids is 2. The molecule has 3 rings (SSSR count). The van der Waals surface area contributed by atoms with Crippen molar-refractivity contribution in [3.05, 3.63) is 58.1 Å². The molecule has 1 aliphatic rings. The lowest BCUT2D eigenvalue weighted by Crippen LogP contribution is -2.30. The monoisotopic (exact) mass is 413 g/mol. The van der Waals surface area contributed by atoms with Crippen LogP contribution in [0.5, 0.6) is 5.75 Å². The van der Waals surface area contributed by atoms with Crippen LogP contribution in [-0.4, -0.2) is 43.1 Å². The van der Waals surface area contributed by atoms with Gasteiger partial charge in [-0.25, -0.2) is 4.79 Å². The quantitative estimate of drug-likeness (QED) is 0.421. The summed E-state index contributed by atoms with van der Waals surface area (Å²) in [5, 5.41) is 14.1. The smallest absolute Gasteiger partial charge is 0.339 e. The predicted octanol–water partition coefficient (Wildman–Crippen LogP) is 3.39. The number of nitrogens with one attached hydrogen (secondary N) is 1. The number of nitro groups is 1. The first-order valence-electron chi connectivity index (χ1n) is 9.58. The molecule has 158 valence electrons. The maximum Gasteiger partial charge on any atom is 0.339 e. The third-order valence-corrected chi connectivity index (χ3v) is 4.87. The number of benzene rings is 2. The van der Waals surface area contributed by atoms with Gasteiger partial charge in [0.1, 0.15) is 11.4 Å². The Morgan fingerprint density at radius 3 is 2.40 bits per heavy atom. The van der Waals surface area contributed by atoms with E-state index in [0.717, 1.165) is 25.9 Å². The van der Waals surface area contributed by atoms with Gasteiger partial charge in [-0.3, -0.25) is 14.9 Å². The van der Waals surface area contributed by atoms with Crippen LogP contribution in [0, 0.1) is 10.1 Å². The summed E-state index contributed by atoms with van der Waals surface area (Å²) in [5.74, 6) is -0.674. The van der Waals surface area contributed by atoms with Gasteiger partial charge in [0.2, 0.25) is 0 Å². The Hall–Kier alpha value is -3.62. The van der Waals surface area contributed by atoms with Crippen molar-refractivity contribution in [2.24, 2.45) is 0 Å². The van der Waals surface area contributed by atoms with E-state index in [9.17, 15) is 19.7 Å². The van der Waals surface area contributed by atoms with Crippen LogP contribution in [0.1, 0.15) is 30.1 Å². The van der Waals surface area contributed by atoms with Crippen molar-refractivity contribution in [3.63, 3.8) is 0 Å². The molecule has 1 amide bonds. The molecular weight excluding hydrogens is 390 g/mol. The molecule has 0 saturated carbocycles. The van der Waals surface area contributed by atoms with Gasteiger partial charge < -0.3 is 19.7 Å². The van der Waals surface area contributed by atoms with Gasteiger partial charge in [-0.2, -0.15) is 0 Å². The fourth-order valence-corrected chi connectivity index (χ4v) is 3.22. The van der Waals surface area contributed by atoms with Crippen LogP contribution in [0.3, 0.4) is 0 Å². The topological polar surface area (TPSA) is 111 Å². The minimum Gasteiger partial charge on any atom is -0.497 e. The largest absolute Gasteiger partial charge is 0.497 e. The minimum atomic E-state index is -1.09. The van der Waals surface area contributed by atoms with E-state index in [1.165, 1.54) is 26.2 Å². The van der Waals surface area contributed by atoms with Crippen molar-refractivity contribution in [1.82, 2.24) is 0 Å². The highest BCUT2D eigenvalue weighted by molar-refractivity contribution is 5.97. The summed E-state index contributed by atoms with van der Waals surface area (Å²) >= 11 is 0. The fraction of sp³-hybridized carbons (Fsp3) is 0.333. The molecule has 1 atom stereocenters. The van der Waals surface area contributed by atoms with Gasteiger partial charge in [0.15, 0.2) is 6.10 Å². The zero-order chi connectivity index (χ0) is 21.7. The molecule has 2 aromatic rings. The summed E-state index contributed by atoms with van der Waals surface area (Å²) < 4.78 is 10.3. The number of anilines is 2. The van der Waals surface area contributed by atoms with Crippen LogP contribution in [0.2, 0.25) is 0 Å². The Morgan fingerprint density at radius 1 is 1.13 bits per heavy atom. The molecule has 9 nitrogen and oxygen atoms in total. The van der Waals surface area contributed by atoms with E-state index in [1.54, 1.807) is 30.3 Å². The van der Waals surface area contributed by atoms with Gasteiger partial charge >= 0.3 is 5.97 Å². The summed E-state index contributed by atoms with van der Waals surface area (Å²) in [7, 11) is 1.54. The Labute approximate surface area is 173 Å². The molecule has 1 unspecified atom stereocenters. The van der Waals surface area contributed by atoms with Crippen molar-refractivity contribution in [1.29, 1.82) is 0 Å². The molecule has 1 fully saturated rings. The lowest BCUT2D eigenvalue weighted by Gasteiger charge is -2.18. The first-order chi connectivity index (χ1) is 14.4. The van der Waals surface area contributed by atoms with E-state index in [0.29, 0.717) is 17.1 Å². The highest BCUT2D eigenvalue weighted by Gasteiger charge is 2.25. The van der Waals surface area contributed by atoms with Crippen molar-refractivity contribution >= 4 is 28.9 Å². The molecule has 9 heteroatoms. The summed E-state index contributed by atoms with van der Waals surface area (Å²) in [6.07, 6.45) is 0.862. The van der Waals surface area contributed by atoms with Crippen LogP contribution >= 0.6 is 0 Å². The van der Waals surface area contributed by atoms with E-state index in [1.807, 2.05) is 4.90 Å². The van der Waals surface area contributed by atoms with Gasteiger partial charge in [-0.1, -0.05) is 0 Å². The number of rotatable bonds is 7. The van der Waals surface area contributed by atoms with Crippen LogP contribution in [0.4, 0.5) is 17.1 Å². The normalized spacial score (nSPS) is 14.1. The van der Waals surface area contributed by atoms with E-state index in [2.05, 4.69) is 5.32 Å². The van der Waals surface area contributed by atoms with E-state index >= 15 is 0 Å². The number of amides is 1. The molecule has 0 spiro atoms. The SMILES string of the molecule is COc1ccc(NC(=O)C(C)OC(=O)c2ccc(N3CCCC3)c([N+](=O)[O-])c2)cc1. The third-order valence-electron chi connectivity index (χ3n) is 4.87. The maximum absolute atomic E-state index is 12.4. The molecule has 1 saturated heterocycles. The van der Waals surface area contributed by atoms with Crippen LogP contribution in [-0.2, 0) is 9.53 Å². The molecule has 0 bridgehead atoms. The zero-order valence-corrected chi connectivity index (χ0v) is 16.8. The number of hydrogen-bond acceptors (Lipinski definition) is 7. The molecule has 0 radical (unpaired) electrons. The number of ether oxygens (including phenoxy) is 2. The van der Waals surface area contributed by atoms with Crippen LogP contribution < -0.4 is 15.0 Å². The summed E-state index contributed by atoms with van der Waals surface area (Å²) in [4.78, 5) is 37.7. The molecule has 1 aliphatic heterocycles. The number of nitro benzene ring substituents is 1. The average Bonchev–Trinajstić information content (AvgIpc) is 3.28. The molecule has 0 aliphatic carbocycles. The lowest BCUT2D eigenvalue weighted by atomic mass is 10.1. The summed E-state index contributed by atoms with van der Waals surface area (Å²) in [5.41, 5.74) is 0.879. The van der Waals surface area contributed by atoms with Crippen molar-refractivity contribution in [3.8, 4) is 5.75 Å². The average molecular weight is 413 g/mol.